The van der Waals surface area contributed by atoms with Crippen LogP contribution >= 0.6 is 0 Å². The SMILES string of the molecule is Cc1cccc(CN)c1N1CCN(C)CC1. The summed E-state index contributed by atoms with van der Waals surface area (Å²) in [6, 6.07) is 6.41. The first-order valence-corrected chi connectivity index (χ1v) is 5.94. The highest BCUT2D eigenvalue weighted by Gasteiger charge is 2.17. The number of piperazine rings is 1. The van der Waals surface area contributed by atoms with Crippen molar-refractivity contribution in [1.82, 2.24) is 4.90 Å². The van der Waals surface area contributed by atoms with Crippen LogP contribution in [0.25, 0.3) is 0 Å². The van der Waals surface area contributed by atoms with Crippen molar-refractivity contribution in [3.05, 3.63) is 29.3 Å². The second kappa shape index (κ2) is 4.85. The molecule has 16 heavy (non-hydrogen) atoms. The highest BCUT2D eigenvalue weighted by atomic mass is 15.2. The summed E-state index contributed by atoms with van der Waals surface area (Å²) >= 11 is 0. The van der Waals surface area contributed by atoms with Crippen LogP contribution in [-0.2, 0) is 6.54 Å². The monoisotopic (exact) mass is 219 g/mol. The van der Waals surface area contributed by atoms with E-state index in [1.807, 2.05) is 0 Å². The van der Waals surface area contributed by atoms with Crippen LogP contribution in [0.5, 0.6) is 0 Å². The number of anilines is 1. The second-order valence-electron chi connectivity index (χ2n) is 4.58. The Morgan fingerprint density at radius 1 is 1.19 bits per heavy atom. The molecule has 0 amide bonds. The molecule has 0 unspecified atom stereocenters. The first-order valence-electron chi connectivity index (χ1n) is 5.94. The predicted molar refractivity (Wildman–Crippen MR) is 68.8 cm³/mol. The Balaban J connectivity index is 2.25. The Morgan fingerprint density at radius 2 is 1.88 bits per heavy atom. The Morgan fingerprint density at radius 3 is 2.50 bits per heavy atom. The van der Waals surface area contributed by atoms with E-state index >= 15 is 0 Å². The fourth-order valence-electron chi connectivity index (χ4n) is 2.37. The normalized spacial score (nSPS) is 17.8. The van der Waals surface area contributed by atoms with Crippen molar-refractivity contribution in [2.75, 3.05) is 38.1 Å². The van der Waals surface area contributed by atoms with Gasteiger partial charge in [-0.2, -0.15) is 0 Å². The molecule has 3 heteroatoms. The van der Waals surface area contributed by atoms with Gasteiger partial charge in [0, 0.05) is 38.4 Å². The average molecular weight is 219 g/mol. The van der Waals surface area contributed by atoms with Gasteiger partial charge in [-0.25, -0.2) is 0 Å². The molecule has 0 aromatic heterocycles. The Labute approximate surface area is 97.8 Å². The van der Waals surface area contributed by atoms with Crippen molar-refractivity contribution >= 4 is 5.69 Å². The molecule has 88 valence electrons. The first-order chi connectivity index (χ1) is 7.72. The van der Waals surface area contributed by atoms with Gasteiger partial charge >= 0.3 is 0 Å². The number of likely N-dealkylation sites (N-methyl/N-ethyl adjacent to an activating group) is 1. The molecule has 0 saturated carbocycles. The quantitative estimate of drug-likeness (QED) is 0.811. The van der Waals surface area contributed by atoms with E-state index in [1.165, 1.54) is 16.8 Å². The molecule has 2 rings (SSSR count). The van der Waals surface area contributed by atoms with Crippen molar-refractivity contribution in [3.8, 4) is 0 Å². The number of nitrogens with zero attached hydrogens (tertiary/aromatic N) is 2. The largest absolute Gasteiger partial charge is 0.368 e. The number of para-hydroxylation sites is 1. The number of nitrogens with two attached hydrogens (primary N) is 1. The zero-order valence-electron chi connectivity index (χ0n) is 10.2. The third-order valence-electron chi connectivity index (χ3n) is 3.36. The van der Waals surface area contributed by atoms with Crippen LogP contribution in [-0.4, -0.2) is 38.1 Å². The molecule has 1 heterocycles. The summed E-state index contributed by atoms with van der Waals surface area (Å²) in [6.07, 6.45) is 0. The molecule has 1 aromatic rings. The van der Waals surface area contributed by atoms with Gasteiger partial charge in [-0.3, -0.25) is 0 Å². The van der Waals surface area contributed by atoms with Crippen molar-refractivity contribution in [1.29, 1.82) is 0 Å². The molecular weight excluding hydrogens is 198 g/mol. The van der Waals surface area contributed by atoms with Crippen molar-refractivity contribution in [2.24, 2.45) is 5.73 Å². The lowest BCUT2D eigenvalue weighted by atomic mass is 10.1. The minimum atomic E-state index is 0.628. The van der Waals surface area contributed by atoms with Crippen LogP contribution in [0.1, 0.15) is 11.1 Å². The van der Waals surface area contributed by atoms with Gasteiger partial charge in [-0.05, 0) is 25.1 Å². The topological polar surface area (TPSA) is 32.5 Å². The van der Waals surface area contributed by atoms with E-state index in [1.54, 1.807) is 0 Å². The summed E-state index contributed by atoms with van der Waals surface area (Å²) in [7, 11) is 2.18. The standard InChI is InChI=1S/C13H21N3/c1-11-4-3-5-12(10-14)13(11)16-8-6-15(2)7-9-16/h3-5H,6-10,14H2,1-2H3. The van der Waals surface area contributed by atoms with Crippen LogP contribution in [0.2, 0.25) is 0 Å². The molecule has 1 aliphatic heterocycles. The minimum absolute atomic E-state index is 0.628. The van der Waals surface area contributed by atoms with Gasteiger partial charge in [0.2, 0.25) is 0 Å². The molecule has 1 saturated heterocycles. The lowest BCUT2D eigenvalue weighted by Gasteiger charge is -2.36. The van der Waals surface area contributed by atoms with Gasteiger partial charge in [0.1, 0.15) is 0 Å². The number of rotatable bonds is 2. The summed E-state index contributed by atoms with van der Waals surface area (Å²) in [5.41, 5.74) is 9.78. The zero-order valence-corrected chi connectivity index (χ0v) is 10.2. The summed E-state index contributed by atoms with van der Waals surface area (Å²) in [4.78, 5) is 4.84. The summed E-state index contributed by atoms with van der Waals surface area (Å²) in [5, 5.41) is 0. The molecule has 0 aliphatic carbocycles. The smallest absolute Gasteiger partial charge is 0.0442 e. The van der Waals surface area contributed by atoms with E-state index in [2.05, 4.69) is 42.0 Å². The highest BCUT2D eigenvalue weighted by Crippen LogP contribution is 2.25. The van der Waals surface area contributed by atoms with Gasteiger partial charge in [-0.15, -0.1) is 0 Å². The maximum atomic E-state index is 5.82. The molecule has 1 aliphatic rings. The van der Waals surface area contributed by atoms with E-state index in [0.29, 0.717) is 6.54 Å². The fourth-order valence-corrected chi connectivity index (χ4v) is 2.37. The summed E-state index contributed by atoms with van der Waals surface area (Å²) in [6.45, 7) is 7.29. The molecular formula is C13H21N3. The van der Waals surface area contributed by atoms with Crippen LogP contribution in [0.4, 0.5) is 5.69 Å². The summed E-state index contributed by atoms with van der Waals surface area (Å²) in [5.74, 6) is 0. The van der Waals surface area contributed by atoms with Crippen LogP contribution < -0.4 is 10.6 Å². The first kappa shape index (κ1) is 11.4. The van der Waals surface area contributed by atoms with E-state index in [0.717, 1.165) is 26.2 Å². The van der Waals surface area contributed by atoms with Gasteiger partial charge in [0.05, 0.1) is 0 Å². The lowest BCUT2D eigenvalue weighted by Crippen LogP contribution is -2.45. The van der Waals surface area contributed by atoms with Gasteiger partial charge in [0.15, 0.2) is 0 Å². The van der Waals surface area contributed by atoms with Crippen molar-refractivity contribution < 1.29 is 0 Å². The van der Waals surface area contributed by atoms with Crippen LogP contribution in [0.15, 0.2) is 18.2 Å². The number of hydrogen-bond donors (Lipinski definition) is 1. The zero-order chi connectivity index (χ0) is 11.5. The molecule has 3 nitrogen and oxygen atoms in total. The maximum Gasteiger partial charge on any atom is 0.0442 e. The molecule has 0 spiro atoms. The Bertz CT molecular complexity index is 354. The van der Waals surface area contributed by atoms with E-state index in [9.17, 15) is 0 Å². The van der Waals surface area contributed by atoms with E-state index in [4.69, 9.17) is 5.73 Å². The number of benzene rings is 1. The molecule has 2 N–H and O–H groups in total. The second-order valence-corrected chi connectivity index (χ2v) is 4.58. The molecule has 0 radical (unpaired) electrons. The van der Waals surface area contributed by atoms with Gasteiger partial charge in [-0.1, -0.05) is 18.2 Å². The number of aryl methyl sites for hydroxylation is 1. The van der Waals surface area contributed by atoms with Crippen LogP contribution in [0.3, 0.4) is 0 Å². The molecule has 0 atom stereocenters. The molecule has 1 fully saturated rings. The minimum Gasteiger partial charge on any atom is -0.368 e. The maximum absolute atomic E-state index is 5.82. The average Bonchev–Trinajstić information content (AvgIpc) is 2.30. The van der Waals surface area contributed by atoms with Crippen molar-refractivity contribution in [3.63, 3.8) is 0 Å². The van der Waals surface area contributed by atoms with Crippen molar-refractivity contribution in [2.45, 2.75) is 13.5 Å². The predicted octanol–water partition coefficient (Wildman–Crippen LogP) is 1.21. The molecule has 1 aromatic carbocycles. The van der Waals surface area contributed by atoms with E-state index in [-0.39, 0.29) is 0 Å². The highest BCUT2D eigenvalue weighted by molar-refractivity contribution is 5.59. The van der Waals surface area contributed by atoms with Gasteiger partial charge < -0.3 is 15.5 Å². The molecule has 0 bridgehead atoms. The summed E-state index contributed by atoms with van der Waals surface area (Å²) < 4.78 is 0. The van der Waals surface area contributed by atoms with Gasteiger partial charge in [0.25, 0.3) is 0 Å². The van der Waals surface area contributed by atoms with E-state index < -0.39 is 0 Å². The third kappa shape index (κ3) is 2.20. The third-order valence-corrected chi connectivity index (χ3v) is 3.36. The lowest BCUT2D eigenvalue weighted by molar-refractivity contribution is 0.312. The fraction of sp³-hybridized carbons (Fsp3) is 0.538. The van der Waals surface area contributed by atoms with Crippen LogP contribution in [0, 0.1) is 6.92 Å². The Kier molecular flexibility index (Phi) is 3.46. The Hall–Kier alpha value is -1.06. The number of hydrogen-bond acceptors (Lipinski definition) is 3.